The maximum absolute atomic E-state index is 13.0. The Kier molecular flexibility index (Phi) is 6.18. The molecule has 3 amide bonds. The number of hydrogen-bond donors (Lipinski definition) is 1. The molecule has 1 aliphatic carbocycles. The molecule has 1 unspecified atom stereocenters. The van der Waals surface area contributed by atoms with Crippen LogP contribution in [0.5, 0.6) is 0 Å². The summed E-state index contributed by atoms with van der Waals surface area (Å²) in [6, 6.07) is 4.32. The smallest absolute Gasteiger partial charge is 0.257 e. The largest absolute Gasteiger partial charge is 0.326 e. The number of anilines is 1. The Morgan fingerprint density at radius 2 is 1.79 bits per heavy atom. The lowest BCUT2D eigenvalue weighted by atomic mass is 9.88. The maximum Gasteiger partial charge on any atom is 0.257 e. The number of primary sulfonamides is 1. The third-order valence-corrected chi connectivity index (χ3v) is 6.42. The average molecular weight is 420 g/mol. The van der Waals surface area contributed by atoms with Gasteiger partial charge < -0.3 is 4.90 Å². The zero-order valence-electron chi connectivity index (χ0n) is 16.1. The van der Waals surface area contributed by atoms with E-state index in [4.69, 9.17) is 5.14 Å². The van der Waals surface area contributed by atoms with E-state index in [0.29, 0.717) is 0 Å². The third-order valence-electron chi connectivity index (χ3n) is 5.49. The summed E-state index contributed by atoms with van der Waals surface area (Å²) in [5.41, 5.74) is 0.249. The van der Waals surface area contributed by atoms with Crippen LogP contribution in [-0.2, 0) is 24.4 Å². The Labute approximate surface area is 170 Å². The molecule has 9 heteroatoms. The molecular formula is C20H25N3O5S. The Morgan fingerprint density at radius 1 is 1.17 bits per heavy atom. The standard InChI is InChI=1S/C20H25N3O5S/c1-2-12-22(19(25)14-6-4-3-5-7-14)17-13-18(24)23(20(17)26)15-8-10-16(11-9-15)29(21,27)28/h2,8-11,14,17H,1,3-7,12-13H2,(H2,21,27,28). The molecule has 1 saturated heterocycles. The fourth-order valence-electron chi connectivity index (χ4n) is 4.01. The molecule has 8 nitrogen and oxygen atoms in total. The maximum atomic E-state index is 13.0. The predicted molar refractivity (Wildman–Crippen MR) is 107 cm³/mol. The van der Waals surface area contributed by atoms with Crippen molar-refractivity contribution >= 4 is 33.4 Å². The molecule has 3 rings (SSSR count). The number of hydrogen-bond acceptors (Lipinski definition) is 5. The molecule has 1 heterocycles. The first-order valence-electron chi connectivity index (χ1n) is 9.65. The second kappa shape index (κ2) is 8.46. The molecule has 1 atom stereocenters. The van der Waals surface area contributed by atoms with Crippen LogP contribution < -0.4 is 10.0 Å². The van der Waals surface area contributed by atoms with Crippen LogP contribution >= 0.6 is 0 Å². The van der Waals surface area contributed by atoms with Crippen LogP contribution in [0.1, 0.15) is 38.5 Å². The van der Waals surface area contributed by atoms with Gasteiger partial charge in [0.25, 0.3) is 5.91 Å². The second-order valence-corrected chi connectivity index (χ2v) is 9.00. The highest BCUT2D eigenvalue weighted by Crippen LogP contribution is 2.30. The molecule has 1 aliphatic heterocycles. The number of carbonyl (C=O) groups excluding carboxylic acids is 3. The lowest BCUT2D eigenvalue weighted by Crippen LogP contribution is -2.48. The molecule has 1 aromatic carbocycles. The number of amides is 3. The zero-order chi connectivity index (χ0) is 21.2. The van der Waals surface area contributed by atoms with E-state index in [-0.39, 0.29) is 35.4 Å². The van der Waals surface area contributed by atoms with Crippen molar-refractivity contribution in [3.05, 3.63) is 36.9 Å². The van der Waals surface area contributed by atoms with E-state index in [2.05, 4.69) is 6.58 Å². The molecule has 0 bridgehead atoms. The van der Waals surface area contributed by atoms with E-state index in [0.717, 1.165) is 37.0 Å². The molecule has 29 heavy (non-hydrogen) atoms. The summed E-state index contributed by atoms with van der Waals surface area (Å²) in [4.78, 5) is 41.0. The summed E-state index contributed by atoms with van der Waals surface area (Å²) in [7, 11) is -3.88. The SMILES string of the molecule is C=CCN(C(=O)C1CCCCC1)C1CC(=O)N(c2ccc(S(N)(=O)=O)cc2)C1=O. The van der Waals surface area contributed by atoms with Crippen LogP contribution in [-0.4, -0.2) is 43.6 Å². The molecular weight excluding hydrogens is 394 g/mol. The Hall–Kier alpha value is -2.52. The van der Waals surface area contributed by atoms with Crippen LogP contribution in [0.2, 0.25) is 0 Å². The van der Waals surface area contributed by atoms with Crippen molar-refractivity contribution < 1.29 is 22.8 Å². The number of carbonyl (C=O) groups is 3. The Morgan fingerprint density at radius 3 is 2.34 bits per heavy atom. The van der Waals surface area contributed by atoms with Gasteiger partial charge in [0, 0.05) is 12.5 Å². The van der Waals surface area contributed by atoms with Crippen molar-refractivity contribution in [1.82, 2.24) is 4.90 Å². The monoisotopic (exact) mass is 419 g/mol. The number of sulfonamides is 1. The van der Waals surface area contributed by atoms with E-state index >= 15 is 0 Å². The molecule has 1 saturated carbocycles. The molecule has 2 fully saturated rings. The van der Waals surface area contributed by atoms with Crippen LogP contribution in [0.25, 0.3) is 0 Å². The van der Waals surface area contributed by atoms with Crippen molar-refractivity contribution in [1.29, 1.82) is 0 Å². The summed E-state index contributed by atoms with van der Waals surface area (Å²) in [6.07, 6.45) is 6.11. The minimum atomic E-state index is -3.88. The van der Waals surface area contributed by atoms with Gasteiger partial charge in [-0.15, -0.1) is 6.58 Å². The molecule has 0 radical (unpaired) electrons. The number of rotatable bonds is 6. The lowest BCUT2D eigenvalue weighted by Gasteiger charge is -2.31. The summed E-state index contributed by atoms with van der Waals surface area (Å²) in [5, 5.41) is 5.09. The first-order valence-corrected chi connectivity index (χ1v) is 11.2. The molecule has 0 spiro atoms. The minimum absolute atomic E-state index is 0.109. The van der Waals surface area contributed by atoms with Crippen molar-refractivity contribution in [3.63, 3.8) is 0 Å². The normalized spacial score (nSPS) is 20.7. The third kappa shape index (κ3) is 4.40. The average Bonchev–Trinajstić information content (AvgIpc) is 2.99. The van der Waals surface area contributed by atoms with E-state index in [1.807, 2.05) is 0 Å². The summed E-state index contributed by atoms with van der Waals surface area (Å²) in [5.74, 6) is -1.17. The number of nitrogens with zero attached hydrogens (tertiary/aromatic N) is 2. The number of imide groups is 1. The molecule has 1 aromatic rings. The second-order valence-electron chi connectivity index (χ2n) is 7.44. The number of benzene rings is 1. The van der Waals surface area contributed by atoms with Gasteiger partial charge in [0.2, 0.25) is 21.8 Å². The first kappa shape index (κ1) is 21.2. The van der Waals surface area contributed by atoms with Gasteiger partial charge in [-0.2, -0.15) is 0 Å². The van der Waals surface area contributed by atoms with E-state index in [1.165, 1.54) is 29.2 Å². The fraction of sp³-hybridized carbons (Fsp3) is 0.450. The highest BCUT2D eigenvalue weighted by molar-refractivity contribution is 7.89. The van der Waals surface area contributed by atoms with Gasteiger partial charge >= 0.3 is 0 Å². The Bertz CT molecular complexity index is 920. The van der Waals surface area contributed by atoms with Gasteiger partial charge in [0.05, 0.1) is 17.0 Å². The Balaban J connectivity index is 1.83. The van der Waals surface area contributed by atoms with Crippen LogP contribution in [0, 0.1) is 5.92 Å². The van der Waals surface area contributed by atoms with E-state index in [9.17, 15) is 22.8 Å². The minimum Gasteiger partial charge on any atom is -0.326 e. The van der Waals surface area contributed by atoms with Crippen LogP contribution in [0.15, 0.2) is 41.8 Å². The topological polar surface area (TPSA) is 118 Å². The first-order chi connectivity index (χ1) is 13.7. The zero-order valence-corrected chi connectivity index (χ0v) is 16.9. The van der Waals surface area contributed by atoms with Crippen molar-refractivity contribution in [3.8, 4) is 0 Å². The predicted octanol–water partition coefficient (Wildman–Crippen LogP) is 1.56. The van der Waals surface area contributed by atoms with Gasteiger partial charge in [-0.1, -0.05) is 25.3 Å². The molecule has 156 valence electrons. The summed E-state index contributed by atoms with van der Waals surface area (Å²) >= 11 is 0. The number of nitrogens with two attached hydrogens (primary N) is 1. The van der Waals surface area contributed by atoms with Crippen LogP contribution in [0.4, 0.5) is 5.69 Å². The lowest BCUT2D eigenvalue weighted by molar-refractivity contribution is -0.142. The molecule has 2 aliphatic rings. The van der Waals surface area contributed by atoms with Gasteiger partial charge in [0.1, 0.15) is 6.04 Å². The van der Waals surface area contributed by atoms with Crippen LogP contribution in [0.3, 0.4) is 0 Å². The summed E-state index contributed by atoms with van der Waals surface area (Å²) < 4.78 is 22.8. The van der Waals surface area contributed by atoms with Crippen molar-refractivity contribution in [2.24, 2.45) is 11.1 Å². The van der Waals surface area contributed by atoms with Gasteiger partial charge in [-0.05, 0) is 37.1 Å². The van der Waals surface area contributed by atoms with Crippen molar-refractivity contribution in [2.45, 2.75) is 49.5 Å². The molecule has 0 aromatic heterocycles. The van der Waals surface area contributed by atoms with E-state index in [1.54, 1.807) is 6.08 Å². The highest BCUT2D eigenvalue weighted by atomic mass is 32.2. The molecule has 2 N–H and O–H groups in total. The summed E-state index contributed by atoms with van der Waals surface area (Å²) in [6.45, 7) is 3.87. The van der Waals surface area contributed by atoms with Crippen molar-refractivity contribution in [2.75, 3.05) is 11.4 Å². The highest BCUT2D eigenvalue weighted by Gasteiger charge is 2.45. The van der Waals surface area contributed by atoms with Gasteiger partial charge in [0.15, 0.2) is 0 Å². The quantitative estimate of drug-likeness (QED) is 0.555. The van der Waals surface area contributed by atoms with E-state index < -0.39 is 27.9 Å². The van der Waals surface area contributed by atoms with Gasteiger partial charge in [-0.25, -0.2) is 18.5 Å². The van der Waals surface area contributed by atoms with Gasteiger partial charge in [-0.3, -0.25) is 14.4 Å². The fourth-order valence-corrected chi connectivity index (χ4v) is 4.52.